The van der Waals surface area contributed by atoms with Crippen LogP contribution in [0.4, 0.5) is 5.69 Å². The molecule has 0 atom stereocenters. The number of hydrogen-bond acceptors (Lipinski definition) is 4. The van der Waals surface area contributed by atoms with Gasteiger partial charge in [0.2, 0.25) is 0 Å². The molecule has 6 nitrogen and oxygen atoms in total. The van der Waals surface area contributed by atoms with E-state index in [2.05, 4.69) is 21.4 Å². The molecule has 7 heteroatoms. The Balaban J connectivity index is 1.97. The monoisotopic (exact) mass is 430 g/mol. The van der Waals surface area contributed by atoms with Crippen molar-refractivity contribution in [2.75, 3.05) is 18.2 Å². The van der Waals surface area contributed by atoms with Crippen LogP contribution in [0.25, 0.3) is 6.08 Å². The van der Waals surface area contributed by atoms with Crippen molar-refractivity contribution in [3.05, 3.63) is 58.1 Å². The van der Waals surface area contributed by atoms with E-state index in [1.807, 2.05) is 19.9 Å². The number of carbonyl (C=O) groups is 2. The van der Waals surface area contributed by atoms with E-state index in [0.29, 0.717) is 40.4 Å². The third-order valence-electron chi connectivity index (χ3n) is 3.87. The van der Waals surface area contributed by atoms with Crippen LogP contribution in [-0.4, -0.2) is 25.0 Å². The zero-order chi connectivity index (χ0) is 19.4. The van der Waals surface area contributed by atoms with Crippen LogP contribution in [0.5, 0.6) is 11.5 Å². The molecule has 2 aromatic carbocycles. The van der Waals surface area contributed by atoms with Crippen LogP contribution in [0.15, 0.2) is 52.5 Å². The lowest BCUT2D eigenvalue weighted by atomic mass is 10.1. The minimum Gasteiger partial charge on any atom is -0.490 e. The summed E-state index contributed by atoms with van der Waals surface area (Å²) < 4.78 is 11.9. The van der Waals surface area contributed by atoms with Crippen molar-refractivity contribution in [3.8, 4) is 11.5 Å². The molecule has 1 heterocycles. The maximum atomic E-state index is 12.7. The molecule has 0 aliphatic carbocycles. The summed E-state index contributed by atoms with van der Waals surface area (Å²) >= 11 is 3.47. The van der Waals surface area contributed by atoms with Crippen LogP contribution in [0.2, 0.25) is 0 Å². The van der Waals surface area contributed by atoms with Gasteiger partial charge < -0.3 is 9.47 Å². The molecule has 0 aromatic heterocycles. The van der Waals surface area contributed by atoms with E-state index in [9.17, 15) is 9.59 Å². The lowest BCUT2D eigenvalue weighted by molar-refractivity contribution is -0.117. The maximum Gasteiger partial charge on any atom is 0.282 e. The molecule has 1 saturated heterocycles. The number of nitrogens with zero attached hydrogens (tertiary/aromatic N) is 1. The zero-order valence-corrected chi connectivity index (χ0v) is 16.6. The van der Waals surface area contributed by atoms with Crippen LogP contribution < -0.4 is 19.9 Å². The molecule has 0 bridgehead atoms. The highest BCUT2D eigenvalue weighted by Gasteiger charge is 2.34. The number of ether oxygens (including phenoxy) is 2. The zero-order valence-electron chi connectivity index (χ0n) is 15.0. The molecule has 0 radical (unpaired) electrons. The van der Waals surface area contributed by atoms with Gasteiger partial charge in [0.05, 0.1) is 18.9 Å². The summed E-state index contributed by atoms with van der Waals surface area (Å²) in [6.07, 6.45) is 1.54. The summed E-state index contributed by atoms with van der Waals surface area (Å²) in [5, 5.41) is 1.24. The van der Waals surface area contributed by atoms with Gasteiger partial charge >= 0.3 is 0 Å². The van der Waals surface area contributed by atoms with Gasteiger partial charge in [0.15, 0.2) is 11.5 Å². The third-order valence-corrected chi connectivity index (χ3v) is 4.56. The van der Waals surface area contributed by atoms with Crippen LogP contribution in [0, 0.1) is 0 Å². The Hall–Kier alpha value is -2.80. The topological polar surface area (TPSA) is 67.9 Å². The molecule has 2 aromatic rings. The van der Waals surface area contributed by atoms with Gasteiger partial charge in [-0.2, -0.15) is 0 Å². The molecule has 0 spiro atoms. The number of nitrogens with one attached hydrogen (secondary N) is 1. The van der Waals surface area contributed by atoms with E-state index in [-0.39, 0.29) is 5.57 Å². The summed E-state index contributed by atoms with van der Waals surface area (Å²) in [6, 6.07) is 12.5. The Bertz CT molecular complexity index is 896. The Morgan fingerprint density at radius 3 is 2.30 bits per heavy atom. The van der Waals surface area contributed by atoms with Crippen LogP contribution >= 0.6 is 15.9 Å². The SMILES string of the molecule is CCOc1cc(Br)c(/C=C2/C(=O)NN(c3ccccc3)C2=O)cc1OCC. The quantitative estimate of drug-likeness (QED) is 0.560. The molecular formula is C20H19BrN2O4. The second-order valence-electron chi connectivity index (χ2n) is 5.66. The van der Waals surface area contributed by atoms with Crippen LogP contribution in [0.1, 0.15) is 19.4 Å². The number of carbonyl (C=O) groups excluding carboxylic acids is 2. The fourth-order valence-electron chi connectivity index (χ4n) is 2.67. The number of para-hydroxylation sites is 1. The minimum absolute atomic E-state index is 0.0474. The van der Waals surface area contributed by atoms with Gasteiger partial charge in [0.25, 0.3) is 11.8 Å². The van der Waals surface area contributed by atoms with Gasteiger partial charge in [0, 0.05) is 4.47 Å². The Kier molecular flexibility index (Phi) is 5.81. The number of hydrogen-bond donors (Lipinski definition) is 1. The van der Waals surface area contributed by atoms with Gasteiger partial charge in [-0.25, -0.2) is 5.01 Å². The summed E-state index contributed by atoms with van der Waals surface area (Å²) in [6.45, 7) is 4.74. The molecule has 0 saturated carbocycles. The first kappa shape index (κ1) is 19.0. The second kappa shape index (κ2) is 8.26. The first-order chi connectivity index (χ1) is 13.0. The lowest BCUT2D eigenvalue weighted by Crippen LogP contribution is -2.35. The highest BCUT2D eigenvalue weighted by Crippen LogP contribution is 2.35. The fraction of sp³-hybridized carbons (Fsp3) is 0.200. The van der Waals surface area contributed by atoms with Crippen molar-refractivity contribution >= 4 is 39.5 Å². The molecule has 1 aliphatic rings. The molecule has 140 valence electrons. The fourth-order valence-corrected chi connectivity index (χ4v) is 3.11. The molecule has 1 aliphatic heterocycles. The van der Waals surface area contributed by atoms with Crippen LogP contribution in [-0.2, 0) is 9.59 Å². The van der Waals surface area contributed by atoms with E-state index in [1.54, 1.807) is 42.5 Å². The van der Waals surface area contributed by atoms with Gasteiger partial charge in [-0.15, -0.1) is 0 Å². The van der Waals surface area contributed by atoms with Crippen molar-refractivity contribution in [3.63, 3.8) is 0 Å². The molecule has 1 N–H and O–H groups in total. The lowest BCUT2D eigenvalue weighted by Gasteiger charge is -2.14. The summed E-state index contributed by atoms with van der Waals surface area (Å²) in [7, 11) is 0. The highest BCUT2D eigenvalue weighted by atomic mass is 79.9. The molecule has 3 rings (SSSR count). The predicted octanol–water partition coefficient (Wildman–Crippen LogP) is 3.71. The maximum absolute atomic E-state index is 12.7. The number of halogens is 1. The molecule has 2 amide bonds. The Morgan fingerprint density at radius 2 is 1.67 bits per heavy atom. The standard InChI is InChI=1S/C20H19BrN2O4/c1-3-26-17-11-13(16(21)12-18(17)27-4-2)10-15-19(24)22-23(20(15)25)14-8-6-5-7-9-14/h5-12H,3-4H2,1-2H3,(H,22,24)/b15-10-. The normalized spacial score (nSPS) is 15.2. The minimum atomic E-state index is -0.456. The van der Waals surface area contributed by atoms with Crippen LogP contribution in [0.3, 0.4) is 0 Å². The summed E-state index contributed by atoms with van der Waals surface area (Å²) in [5.41, 5.74) is 3.88. The average Bonchev–Trinajstić information content (AvgIpc) is 2.94. The van der Waals surface area contributed by atoms with Crippen molar-refractivity contribution in [1.29, 1.82) is 0 Å². The molecular weight excluding hydrogens is 412 g/mol. The molecule has 1 fully saturated rings. The van der Waals surface area contributed by atoms with E-state index in [4.69, 9.17) is 9.47 Å². The summed E-state index contributed by atoms with van der Waals surface area (Å²) in [4.78, 5) is 25.1. The van der Waals surface area contributed by atoms with Gasteiger partial charge in [0.1, 0.15) is 5.57 Å². The van der Waals surface area contributed by atoms with E-state index >= 15 is 0 Å². The van der Waals surface area contributed by atoms with Crippen molar-refractivity contribution < 1.29 is 19.1 Å². The number of amides is 2. The number of rotatable bonds is 6. The van der Waals surface area contributed by atoms with E-state index in [0.717, 1.165) is 0 Å². The van der Waals surface area contributed by atoms with E-state index < -0.39 is 11.8 Å². The average molecular weight is 431 g/mol. The Morgan fingerprint density at radius 1 is 1.04 bits per heavy atom. The first-order valence-electron chi connectivity index (χ1n) is 8.56. The summed E-state index contributed by atoms with van der Waals surface area (Å²) in [5.74, 6) is 0.286. The second-order valence-corrected chi connectivity index (χ2v) is 6.52. The number of anilines is 1. The van der Waals surface area contributed by atoms with Crippen molar-refractivity contribution in [2.24, 2.45) is 0 Å². The number of benzene rings is 2. The number of hydrazine groups is 1. The largest absolute Gasteiger partial charge is 0.490 e. The van der Waals surface area contributed by atoms with Gasteiger partial charge in [-0.1, -0.05) is 34.1 Å². The molecule has 27 heavy (non-hydrogen) atoms. The van der Waals surface area contributed by atoms with Crippen molar-refractivity contribution in [2.45, 2.75) is 13.8 Å². The van der Waals surface area contributed by atoms with Crippen molar-refractivity contribution in [1.82, 2.24) is 5.43 Å². The Labute approximate surface area is 165 Å². The predicted molar refractivity (Wildman–Crippen MR) is 107 cm³/mol. The first-order valence-corrected chi connectivity index (χ1v) is 9.35. The highest BCUT2D eigenvalue weighted by molar-refractivity contribution is 9.10. The molecule has 0 unspecified atom stereocenters. The van der Waals surface area contributed by atoms with Gasteiger partial charge in [-0.3, -0.25) is 15.0 Å². The van der Waals surface area contributed by atoms with Gasteiger partial charge in [-0.05, 0) is 49.8 Å². The third kappa shape index (κ3) is 3.98. The van der Waals surface area contributed by atoms with E-state index in [1.165, 1.54) is 5.01 Å². The smallest absolute Gasteiger partial charge is 0.282 e.